The number of rotatable bonds is 42. The molecular weight excluding hydrogens is 2130 g/mol. The SMILES string of the molecule is BrCC1CCCCC1.CC1=C(/C=C/C(C)=C/C=C/C(C)=C/C=C/C=C(C)/C=C/C=C(C)/C=C/C2=C(C)C(=O)C(OC(=O)CCC(=O)O)CC2(C)C)C(C)(C)CC(OC(=O)CCC(=O)O)C1=O.CC1=C(/C=C/C(C)=C/C=C/C(C)=C/C=C/C=C(C)/C=C/C=C(C)/C=C/C2=C(C)C(=O)C(OC(=O)CCC(=O)OCC3CCCCC3)CC2(C)C)C(C)(C)CC(OC(=O)CCC(=O)OCC2CCCCC2)C1=O.O=CO[O-].[Cs+].[Cs+].[H-]. The number of esters is 6. The molecule has 0 radical (unpaired) electrons. The number of Topliss-reactive ketones (excluding diaryl/α,β-unsaturated/α-hetero) is 4. The van der Waals surface area contributed by atoms with E-state index >= 15 is 0 Å². The van der Waals surface area contributed by atoms with Gasteiger partial charge in [0.15, 0.2) is 47.5 Å². The Labute approximate surface area is 984 Å². The average molecular weight is 2290 g/mol. The number of carbonyl (C=O) groups excluding carboxylic acids is 11. The van der Waals surface area contributed by atoms with Gasteiger partial charge in [0.2, 0.25) is 0 Å². The fraction of sp³-hybridized carbons (Fsp3) is 0.517. The molecule has 7 aliphatic rings. The van der Waals surface area contributed by atoms with Gasteiger partial charge in [0.05, 0.1) is 64.6 Å². The summed E-state index contributed by atoms with van der Waals surface area (Å²) in [6, 6.07) is 0. The van der Waals surface area contributed by atoms with Gasteiger partial charge in [-0.3, -0.25) is 62.3 Å². The maximum atomic E-state index is 13.3. The predicted molar refractivity (Wildman–Crippen MR) is 561 cm³/mol. The van der Waals surface area contributed by atoms with E-state index < -0.39 is 93.8 Å². The van der Waals surface area contributed by atoms with Gasteiger partial charge in [-0.2, -0.15) is 0 Å². The first-order valence-corrected chi connectivity index (χ1v) is 51.1. The number of hydrogen-bond donors (Lipinski definition) is 2. The van der Waals surface area contributed by atoms with E-state index in [1.807, 2.05) is 281 Å². The summed E-state index contributed by atoms with van der Waals surface area (Å²) in [6.45, 7) is 39.8. The monoisotopic (exact) mass is 2290 g/mol. The van der Waals surface area contributed by atoms with Gasteiger partial charge in [0, 0.05) is 31.0 Å². The molecule has 26 heteroatoms. The fourth-order valence-corrected chi connectivity index (χ4v) is 18.5. The van der Waals surface area contributed by atoms with Crippen LogP contribution in [0.3, 0.4) is 0 Å². The molecule has 4 unspecified atom stereocenters. The second-order valence-electron chi connectivity index (χ2n) is 40.7. The zero-order valence-corrected chi connectivity index (χ0v) is 104. The summed E-state index contributed by atoms with van der Waals surface area (Å²) in [6.07, 6.45) is 70.7. The van der Waals surface area contributed by atoms with Crippen molar-refractivity contribution >= 4 is 93.3 Å². The number of carbonyl (C=O) groups is 13. The van der Waals surface area contributed by atoms with Gasteiger partial charge in [0.1, 0.15) is 0 Å². The van der Waals surface area contributed by atoms with Crippen molar-refractivity contribution in [2.45, 2.75) is 336 Å². The Morgan fingerprint density at radius 1 is 0.326 bits per heavy atom. The summed E-state index contributed by atoms with van der Waals surface area (Å²) < 4.78 is 32.8. The maximum Gasteiger partial charge on any atom is 1.00 e. The topological polar surface area (TPSA) is 350 Å². The number of ether oxygens (including phenoxy) is 6. The van der Waals surface area contributed by atoms with Gasteiger partial charge < -0.3 is 50.2 Å². The third-order valence-corrected chi connectivity index (χ3v) is 27.1. The molecule has 7 rings (SSSR count). The molecule has 144 heavy (non-hydrogen) atoms. The third-order valence-electron chi connectivity index (χ3n) is 26.2. The molecule has 2 N–H and O–H groups in total. The Kier molecular flexibility index (Phi) is 64.5. The standard InChI is InChI=1S/C62H84O10.C48H60O10.C7H13Br.CH2O3.2Cs.H/c1-43(23-19-25-45(3)31-33-51-47(5)59(67)53(39-61(51,7)8)71-57(65)37-35-55(63)69-41-49-27-13-11-14-28-49)21-17-18-22-44(2)24-20-26-46(4)32-34-52-48(6)60(68)54(40-62(52,9)10)72-58(66)38-36-56(64)70-42-50-29-15-12-16-30-50;1-31(17-13-19-33(3)21-23-37-35(5)45(55)39(29-47(37,7)8)57-43(53)27-25-41(49)50)15-11-12-16-32(2)18-14-20-34(4)22-24-38-36(6)46(56)40(30-48(38,9)10)58-44(54)28-26-42(51)52;8-6-7-4-2-1-3-5-7;2-1-4-3;;;/h17-26,31-34,49-50,53-54H,11-16,27-30,35-42H2,1-10H3;11-24,39-40H,25-30H2,1-10H3,(H,49,50)(H,51,52);7H,1-6H2;1,3H;;;/q;;;;2*+1;-1/p-1/b18-17+,23-19+,24-20+,33-31+,34-32+,43-21+,44-22+,45-25+,46-26+;12-11+,17-13+,18-14+,23-21+,24-22+,31-15+,32-16+,33-19+,34-20+;;;;;. The molecule has 0 aliphatic heterocycles. The number of carboxylic acid groups (broad SMARTS) is 2. The van der Waals surface area contributed by atoms with Crippen molar-refractivity contribution in [3.63, 3.8) is 0 Å². The summed E-state index contributed by atoms with van der Waals surface area (Å²) in [7, 11) is 0. The summed E-state index contributed by atoms with van der Waals surface area (Å²) in [5, 5.41) is 27.3. The molecule has 0 aromatic carbocycles. The van der Waals surface area contributed by atoms with Crippen molar-refractivity contribution < 1.29 is 250 Å². The second kappa shape index (κ2) is 69.9. The normalized spacial score (nSPS) is 21.1. The van der Waals surface area contributed by atoms with Crippen LogP contribution in [0.25, 0.3) is 0 Å². The Morgan fingerprint density at radius 3 is 0.722 bits per heavy atom. The molecule has 23 nitrogen and oxygen atoms in total. The first-order valence-electron chi connectivity index (χ1n) is 50.0. The van der Waals surface area contributed by atoms with Crippen molar-refractivity contribution in [1.82, 2.24) is 0 Å². The Bertz CT molecular complexity index is 4850. The van der Waals surface area contributed by atoms with Gasteiger partial charge in [0.25, 0.3) is 6.47 Å². The number of halogens is 1. The number of allylic oxidation sites excluding steroid dienone is 40. The van der Waals surface area contributed by atoms with E-state index in [9.17, 15) is 57.5 Å². The van der Waals surface area contributed by atoms with Crippen molar-refractivity contribution in [2.75, 3.05) is 18.5 Å². The smallest absolute Gasteiger partial charge is 1.00 e. The van der Waals surface area contributed by atoms with Crippen LogP contribution in [0.4, 0.5) is 0 Å². The van der Waals surface area contributed by atoms with E-state index in [0.717, 1.165) is 98.5 Å². The van der Waals surface area contributed by atoms with E-state index in [1.54, 1.807) is 27.7 Å². The molecule has 0 bridgehead atoms. The van der Waals surface area contributed by atoms with Gasteiger partial charge in [-0.25, -0.2) is 0 Å². The van der Waals surface area contributed by atoms with Crippen LogP contribution in [0.5, 0.6) is 0 Å². The average Bonchev–Trinajstić information content (AvgIpc) is 0.794. The van der Waals surface area contributed by atoms with Gasteiger partial charge in [-0.15, -0.1) is 0 Å². The minimum Gasteiger partial charge on any atom is -1.00 e. The molecule has 0 aromatic heterocycles. The summed E-state index contributed by atoms with van der Waals surface area (Å²) in [4.78, 5) is 159. The van der Waals surface area contributed by atoms with Crippen LogP contribution < -0.4 is 143 Å². The Morgan fingerprint density at radius 2 is 0.521 bits per heavy atom. The minimum absolute atomic E-state index is 0. The van der Waals surface area contributed by atoms with Crippen molar-refractivity contribution in [2.24, 2.45) is 39.4 Å². The molecule has 0 amide bonds. The summed E-state index contributed by atoms with van der Waals surface area (Å²) in [5.41, 5.74) is 12.3. The molecule has 0 heterocycles. The molecule has 778 valence electrons. The molecule has 4 atom stereocenters. The molecule has 3 saturated carbocycles. The number of ketones is 4. The third kappa shape index (κ3) is 51.8. The van der Waals surface area contributed by atoms with Crippen LogP contribution in [-0.2, 0) is 95.6 Å². The van der Waals surface area contributed by atoms with Crippen LogP contribution in [0.1, 0.15) is 313 Å². The van der Waals surface area contributed by atoms with Crippen LogP contribution in [0.15, 0.2) is 259 Å². The van der Waals surface area contributed by atoms with Crippen molar-refractivity contribution in [3.05, 3.63) is 259 Å². The Hall–Kier alpha value is -7.27. The van der Waals surface area contributed by atoms with Crippen LogP contribution in [-0.4, -0.2) is 131 Å². The zero-order chi connectivity index (χ0) is 106. The fourth-order valence-electron chi connectivity index (χ4n) is 17.8. The molecule has 0 saturated heterocycles. The van der Waals surface area contributed by atoms with E-state index in [4.69, 9.17) is 48.7 Å². The number of alkyl halides is 1. The number of hydrogen-bond acceptors (Lipinski definition) is 21. The second-order valence-corrected chi connectivity index (χ2v) is 41.4. The van der Waals surface area contributed by atoms with Crippen LogP contribution in [0.2, 0.25) is 0 Å². The van der Waals surface area contributed by atoms with Crippen LogP contribution >= 0.6 is 15.9 Å². The molecule has 3 fully saturated rings. The quantitative estimate of drug-likeness (QED) is 0.0109. The largest absolute Gasteiger partial charge is 1.00 e. The van der Waals surface area contributed by atoms with E-state index in [0.29, 0.717) is 73.0 Å². The van der Waals surface area contributed by atoms with Gasteiger partial charge in [-0.1, -0.05) is 344 Å². The van der Waals surface area contributed by atoms with E-state index in [2.05, 4.69) is 20.8 Å². The maximum absolute atomic E-state index is 13.3. The Balaban J connectivity index is 0.00000129. The molecule has 0 spiro atoms. The summed E-state index contributed by atoms with van der Waals surface area (Å²) in [5.74, 6) is -4.61. The number of carboxylic acids is 2. The van der Waals surface area contributed by atoms with Crippen LogP contribution in [0, 0.1) is 39.4 Å². The minimum atomic E-state index is -1.09. The van der Waals surface area contributed by atoms with Crippen molar-refractivity contribution in [1.29, 1.82) is 0 Å². The van der Waals surface area contributed by atoms with Crippen molar-refractivity contribution in [3.8, 4) is 0 Å². The predicted octanol–water partition coefficient (Wildman–Crippen LogP) is 19.1. The zero-order valence-electron chi connectivity index (χ0n) is 90.8. The molecule has 0 aromatic rings. The van der Waals surface area contributed by atoms with E-state index in [1.165, 1.54) is 76.0 Å². The van der Waals surface area contributed by atoms with E-state index in [-0.39, 0.29) is 220 Å². The molecular formula is C118H159BrCs2O23. The summed E-state index contributed by atoms with van der Waals surface area (Å²) >= 11 is 3.51. The molecule has 7 aliphatic carbocycles. The van der Waals surface area contributed by atoms with Gasteiger partial charge in [-0.05, 0) is 206 Å². The number of aliphatic carboxylic acids is 2. The van der Waals surface area contributed by atoms with Gasteiger partial charge >= 0.3 is 186 Å². The first-order chi connectivity index (χ1) is 67.0. The first kappa shape index (κ1) is 133.